The van der Waals surface area contributed by atoms with Crippen LogP contribution in [0.1, 0.15) is 54.7 Å². The Labute approximate surface area is 223 Å². The fraction of sp³-hybridized carbons (Fsp3) is 0.367. The first-order valence-corrected chi connectivity index (χ1v) is 13.4. The van der Waals surface area contributed by atoms with E-state index in [4.69, 9.17) is 0 Å². The van der Waals surface area contributed by atoms with Gasteiger partial charge in [-0.1, -0.05) is 25.1 Å². The van der Waals surface area contributed by atoms with E-state index in [-0.39, 0.29) is 29.5 Å². The number of fused-ring (bicyclic) bond motifs is 4. The molecule has 8 nitrogen and oxygen atoms in total. The number of hydrogen-bond acceptors (Lipinski definition) is 4. The van der Waals surface area contributed by atoms with E-state index in [0.717, 1.165) is 37.3 Å². The van der Waals surface area contributed by atoms with Crippen LogP contribution in [0.5, 0.6) is 0 Å². The predicted octanol–water partition coefficient (Wildman–Crippen LogP) is 4.82. The van der Waals surface area contributed by atoms with Crippen molar-refractivity contribution in [2.45, 2.75) is 52.1 Å². The van der Waals surface area contributed by atoms with Crippen molar-refractivity contribution in [1.82, 2.24) is 9.88 Å². The summed E-state index contributed by atoms with van der Waals surface area (Å²) in [6.07, 6.45) is 1.96. The summed E-state index contributed by atoms with van der Waals surface area (Å²) in [5.41, 5.74) is 4.94. The van der Waals surface area contributed by atoms with Crippen molar-refractivity contribution >= 4 is 29.0 Å². The van der Waals surface area contributed by atoms with Crippen molar-refractivity contribution in [2.75, 3.05) is 28.6 Å². The number of nitrogens with zero attached hydrogens (tertiary/aromatic N) is 2. The molecule has 0 radical (unpaired) electrons. The van der Waals surface area contributed by atoms with Gasteiger partial charge < -0.3 is 25.4 Å². The van der Waals surface area contributed by atoms with E-state index in [1.165, 1.54) is 5.56 Å². The van der Waals surface area contributed by atoms with Gasteiger partial charge in [-0.05, 0) is 74.6 Å². The summed E-state index contributed by atoms with van der Waals surface area (Å²) < 4.78 is 1.91. The number of benzene rings is 2. The lowest BCUT2D eigenvalue weighted by molar-refractivity contribution is 0.0943. The quantitative estimate of drug-likeness (QED) is 0.441. The molecule has 3 heterocycles. The van der Waals surface area contributed by atoms with Crippen molar-refractivity contribution in [3.8, 4) is 0 Å². The van der Waals surface area contributed by atoms with Gasteiger partial charge in [0.05, 0.1) is 11.4 Å². The lowest BCUT2D eigenvalue weighted by Crippen LogP contribution is -2.47. The Kier molecular flexibility index (Phi) is 7.22. The SMILES string of the molecule is CCc1ccc(NC(=O)Nc2cc(C(=O)NC(C)C)ccc2N2CC3CC(C2)c2cccc(=O)n2C3)cc1. The molecular formula is C30H35N5O3. The van der Waals surface area contributed by atoms with Crippen LogP contribution in [0, 0.1) is 5.92 Å². The zero-order valence-electron chi connectivity index (χ0n) is 22.2. The predicted molar refractivity (Wildman–Crippen MR) is 151 cm³/mol. The molecule has 2 aromatic carbocycles. The van der Waals surface area contributed by atoms with E-state index in [0.29, 0.717) is 29.4 Å². The standard InChI is InChI=1S/C30H35N5O3/c1-4-20-8-11-24(12-9-20)32-30(38)33-25-15-22(29(37)31-19(2)3)10-13-27(25)34-16-21-14-23(18-34)26-6-5-7-28(36)35(26)17-21/h5-13,15,19,21,23H,4,14,16-18H2,1-3H3,(H,31,37)(H2,32,33,38). The summed E-state index contributed by atoms with van der Waals surface area (Å²) >= 11 is 0. The smallest absolute Gasteiger partial charge is 0.323 e. The Morgan fingerprint density at radius 1 is 0.974 bits per heavy atom. The molecule has 0 aliphatic carbocycles. The summed E-state index contributed by atoms with van der Waals surface area (Å²) in [6.45, 7) is 8.10. The Hall–Kier alpha value is -4.07. The molecule has 8 heteroatoms. The third kappa shape index (κ3) is 5.44. The summed E-state index contributed by atoms with van der Waals surface area (Å²) in [7, 11) is 0. The fourth-order valence-electron chi connectivity index (χ4n) is 5.60. The number of aryl methyl sites for hydroxylation is 1. The molecule has 2 bridgehead atoms. The van der Waals surface area contributed by atoms with Gasteiger partial charge in [-0.25, -0.2) is 4.79 Å². The van der Waals surface area contributed by atoms with Crippen molar-refractivity contribution in [1.29, 1.82) is 0 Å². The zero-order valence-corrected chi connectivity index (χ0v) is 22.2. The molecular weight excluding hydrogens is 478 g/mol. The minimum absolute atomic E-state index is 0.00193. The van der Waals surface area contributed by atoms with Crippen LogP contribution in [0.4, 0.5) is 21.9 Å². The van der Waals surface area contributed by atoms with Gasteiger partial charge in [0, 0.05) is 54.6 Å². The molecule has 38 heavy (non-hydrogen) atoms. The number of nitrogens with one attached hydrogen (secondary N) is 3. The number of aromatic nitrogens is 1. The van der Waals surface area contributed by atoms with E-state index in [1.807, 2.05) is 66.9 Å². The number of rotatable bonds is 6. The van der Waals surface area contributed by atoms with Crippen LogP contribution in [-0.2, 0) is 13.0 Å². The first kappa shape index (κ1) is 25.6. The summed E-state index contributed by atoms with van der Waals surface area (Å²) in [6, 6.07) is 18.4. The molecule has 1 aromatic heterocycles. The molecule has 2 aliphatic rings. The molecule has 1 fully saturated rings. The molecule has 2 aliphatic heterocycles. The maximum atomic E-state index is 13.0. The molecule has 1 saturated heterocycles. The van der Waals surface area contributed by atoms with Crippen LogP contribution in [0.2, 0.25) is 0 Å². The van der Waals surface area contributed by atoms with Crippen molar-refractivity contribution < 1.29 is 9.59 Å². The number of piperidine rings is 1. The first-order chi connectivity index (χ1) is 18.3. The minimum atomic E-state index is -0.369. The lowest BCUT2D eigenvalue weighted by atomic mass is 9.83. The van der Waals surface area contributed by atoms with Crippen LogP contribution in [-0.4, -0.2) is 35.6 Å². The Balaban J connectivity index is 1.42. The number of pyridine rings is 1. The number of hydrogen-bond donors (Lipinski definition) is 3. The second-order valence-corrected chi connectivity index (χ2v) is 10.6. The highest BCUT2D eigenvalue weighted by atomic mass is 16.2. The average Bonchev–Trinajstić information content (AvgIpc) is 2.89. The van der Waals surface area contributed by atoms with Gasteiger partial charge in [-0.3, -0.25) is 9.59 Å². The molecule has 3 amide bonds. The number of amides is 3. The maximum Gasteiger partial charge on any atom is 0.323 e. The Bertz CT molecular complexity index is 1400. The molecule has 0 saturated carbocycles. The normalized spacial score (nSPS) is 18.1. The van der Waals surface area contributed by atoms with Gasteiger partial charge in [0.25, 0.3) is 11.5 Å². The summed E-state index contributed by atoms with van der Waals surface area (Å²) in [5.74, 6) is 0.358. The highest BCUT2D eigenvalue weighted by Gasteiger charge is 2.35. The van der Waals surface area contributed by atoms with Crippen LogP contribution >= 0.6 is 0 Å². The second-order valence-electron chi connectivity index (χ2n) is 10.6. The molecule has 198 valence electrons. The fourth-order valence-corrected chi connectivity index (χ4v) is 5.60. The molecule has 0 spiro atoms. The zero-order chi connectivity index (χ0) is 26.8. The monoisotopic (exact) mass is 513 g/mol. The molecule has 3 N–H and O–H groups in total. The average molecular weight is 514 g/mol. The van der Waals surface area contributed by atoms with Crippen LogP contribution in [0.25, 0.3) is 0 Å². The highest BCUT2D eigenvalue weighted by Crippen LogP contribution is 2.39. The number of urea groups is 1. The summed E-state index contributed by atoms with van der Waals surface area (Å²) in [5, 5.41) is 8.83. The number of anilines is 3. The van der Waals surface area contributed by atoms with E-state index >= 15 is 0 Å². The third-order valence-corrected chi connectivity index (χ3v) is 7.37. The second kappa shape index (κ2) is 10.7. The molecule has 5 rings (SSSR count). The van der Waals surface area contributed by atoms with Crippen LogP contribution < -0.4 is 26.4 Å². The molecule has 2 atom stereocenters. The van der Waals surface area contributed by atoms with Gasteiger partial charge in [0.15, 0.2) is 0 Å². The van der Waals surface area contributed by atoms with Crippen LogP contribution in [0.15, 0.2) is 65.5 Å². The van der Waals surface area contributed by atoms with Gasteiger partial charge in [-0.15, -0.1) is 0 Å². The summed E-state index contributed by atoms with van der Waals surface area (Å²) in [4.78, 5) is 40.5. The highest BCUT2D eigenvalue weighted by molar-refractivity contribution is 6.04. The number of carbonyl (C=O) groups is 2. The van der Waals surface area contributed by atoms with Gasteiger partial charge in [0.1, 0.15) is 0 Å². The molecule has 2 unspecified atom stereocenters. The number of carbonyl (C=O) groups excluding carboxylic acids is 2. The largest absolute Gasteiger partial charge is 0.369 e. The van der Waals surface area contributed by atoms with Gasteiger partial charge in [-0.2, -0.15) is 0 Å². The van der Waals surface area contributed by atoms with Crippen molar-refractivity contribution in [2.24, 2.45) is 5.92 Å². The topological polar surface area (TPSA) is 95.5 Å². The van der Waals surface area contributed by atoms with Gasteiger partial charge >= 0.3 is 6.03 Å². The minimum Gasteiger partial charge on any atom is -0.369 e. The van der Waals surface area contributed by atoms with Crippen molar-refractivity contribution in [3.63, 3.8) is 0 Å². The Morgan fingerprint density at radius 3 is 2.50 bits per heavy atom. The molecule has 3 aromatic rings. The van der Waals surface area contributed by atoms with Crippen LogP contribution in [0.3, 0.4) is 0 Å². The lowest BCUT2D eigenvalue weighted by Gasteiger charge is -2.44. The maximum absolute atomic E-state index is 13.0. The van der Waals surface area contributed by atoms with E-state index in [9.17, 15) is 14.4 Å². The Morgan fingerprint density at radius 2 is 1.76 bits per heavy atom. The van der Waals surface area contributed by atoms with E-state index in [1.54, 1.807) is 12.1 Å². The first-order valence-electron chi connectivity index (χ1n) is 13.4. The van der Waals surface area contributed by atoms with E-state index in [2.05, 4.69) is 27.8 Å². The third-order valence-electron chi connectivity index (χ3n) is 7.37. The van der Waals surface area contributed by atoms with E-state index < -0.39 is 0 Å². The van der Waals surface area contributed by atoms with Gasteiger partial charge in [0.2, 0.25) is 0 Å². The van der Waals surface area contributed by atoms with Crippen molar-refractivity contribution in [3.05, 3.63) is 87.8 Å².